The van der Waals surface area contributed by atoms with Crippen LogP contribution in [0.3, 0.4) is 0 Å². The molecule has 3 nitrogen and oxygen atoms in total. The Bertz CT molecular complexity index is 395. The first-order chi connectivity index (χ1) is 8.56. The number of nitrogens with one attached hydrogen (secondary N) is 1. The maximum Gasteiger partial charge on any atom is 0.251 e. The maximum absolute atomic E-state index is 12.1. The second-order valence-electron chi connectivity index (χ2n) is 4.33. The van der Waals surface area contributed by atoms with Crippen molar-refractivity contribution in [1.82, 2.24) is 5.32 Å². The minimum absolute atomic E-state index is 0.0209. The van der Waals surface area contributed by atoms with Gasteiger partial charge in [-0.05, 0) is 31.9 Å². The second kappa shape index (κ2) is 7.54. The van der Waals surface area contributed by atoms with Crippen molar-refractivity contribution in [1.29, 1.82) is 0 Å². The molecule has 18 heavy (non-hydrogen) atoms. The molecule has 0 saturated heterocycles. The van der Waals surface area contributed by atoms with E-state index in [4.69, 9.17) is 4.74 Å². The van der Waals surface area contributed by atoms with Gasteiger partial charge in [0, 0.05) is 17.4 Å². The Morgan fingerprint density at radius 2 is 1.83 bits per heavy atom. The van der Waals surface area contributed by atoms with Gasteiger partial charge in [-0.25, -0.2) is 0 Å². The molecule has 0 aliphatic rings. The Morgan fingerprint density at radius 3 is 2.39 bits per heavy atom. The molecular weight excluding hydrogens is 294 g/mol. The highest BCUT2D eigenvalue weighted by Crippen LogP contribution is 2.15. The van der Waals surface area contributed by atoms with Crippen LogP contribution in [0.1, 0.15) is 27.0 Å². The molecule has 0 radical (unpaired) electrons. The van der Waals surface area contributed by atoms with Crippen LogP contribution in [0.5, 0.6) is 0 Å². The van der Waals surface area contributed by atoms with Gasteiger partial charge in [-0.1, -0.05) is 33.6 Å². The molecule has 0 bridgehead atoms. The first-order valence-corrected chi connectivity index (χ1v) is 7.18. The fourth-order valence-corrected chi connectivity index (χ4v) is 2.25. The molecule has 1 aromatic carbocycles. The summed E-state index contributed by atoms with van der Waals surface area (Å²) >= 11 is 3.28. The number of aryl methyl sites for hydroxylation is 3. The molecule has 0 heterocycles. The lowest BCUT2D eigenvalue weighted by molar-refractivity contribution is 0.0923. The van der Waals surface area contributed by atoms with Gasteiger partial charge in [-0.15, -0.1) is 0 Å². The third-order valence-electron chi connectivity index (χ3n) is 2.66. The number of hydrogen-bond donors (Lipinski definition) is 1. The van der Waals surface area contributed by atoms with Gasteiger partial charge >= 0.3 is 0 Å². The molecular formula is C14H20BrNO2. The summed E-state index contributed by atoms with van der Waals surface area (Å²) in [6.45, 7) is 7.72. The van der Waals surface area contributed by atoms with Gasteiger partial charge < -0.3 is 10.1 Å². The van der Waals surface area contributed by atoms with Gasteiger partial charge in [-0.2, -0.15) is 0 Å². The first-order valence-electron chi connectivity index (χ1n) is 6.06. The minimum atomic E-state index is -0.0209. The van der Waals surface area contributed by atoms with Gasteiger partial charge in [0.15, 0.2) is 0 Å². The van der Waals surface area contributed by atoms with Gasteiger partial charge in [0.2, 0.25) is 0 Å². The zero-order valence-corrected chi connectivity index (χ0v) is 12.8. The van der Waals surface area contributed by atoms with Crippen LogP contribution in [0.15, 0.2) is 12.1 Å². The maximum atomic E-state index is 12.1. The smallest absolute Gasteiger partial charge is 0.251 e. The first kappa shape index (κ1) is 15.2. The summed E-state index contributed by atoms with van der Waals surface area (Å²) in [7, 11) is 0. The predicted molar refractivity (Wildman–Crippen MR) is 77.6 cm³/mol. The molecule has 0 saturated carbocycles. The van der Waals surface area contributed by atoms with Crippen LogP contribution in [0, 0.1) is 20.8 Å². The highest BCUT2D eigenvalue weighted by atomic mass is 79.9. The summed E-state index contributed by atoms with van der Waals surface area (Å²) < 4.78 is 5.29. The zero-order valence-electron chi connectivity index (χ0n) is 11.2. The largest absolute Gasteiger partial charge is 0.379 e. The Morgan fingerprint density at radius 1 is 1.22 bits per heavy atom. The molecule has 100 valence electrons. The lowest BCUT2D eigenvalue weighted by atomic mass is 9.99. The molecule has 0 aliphatic heterocycles. The summed E-state index contributed by atoms with van der Waals surface area (Å²) in [5.41, 5.74) is 4.00. The van der Waals surface area contributed by atoms with Crippen LogP contribution >= 0.6 is 15.9 Å². The predicted octanol–water partition coefficient (Wildman–Crippen LogP) is 2.75. The van der Waals surface area contributed by atoms with Crippen LogP contribution in [-0.2, 0) is 4.74 Å². The summed E-state index contributed by atoms with van der Waals surface area (Å²) in [4.78, 5) is 12.1. The molecule has 0 aromatic heterocycles. The Kier molecular flexibility index (Phi) is 6.36. The summed E-state index contributed by atoms with van der Waals surface area (Å²) in [5, 5.41) is 3.70. The van der Waals surface area contributed by atoms with E-state index in [1.165, 1.54) is 5.56 Å². The van der Waals surface area contributed by atoms with Crippen molar-refractivity contribution in [2.45, 2.75) is 20.8 Å². The number of carbonyl (C=O) groups is 1. The van der Waals surface area contributed by atoms with Gasteiger partial charge in [0.1, 0.15) is 0 Å². The number of amides is 1. The van der Waals surface area contributed by atoms with Crippen LogP contribution in [0.25, 0.3) is 0 Å². The SMILES string of the molecule is Cc1cc(C)c(C(=O)NCCOCCBr)c(C)c1. The average Bonchev–Trinajstić information content (AvgIpc) is 2.27. The molecule has 1 rings (SSSR count). The van der Waals surface area contributed by atoms with Crippen molar-refractivity contribution in [3.8, 4) is 0 Å². The highest BCUT2D eigenvalue weighted by Gasteiger charge is 2.11. The van der Waals surface area contributed by atoms with Crippen molar-refractivity contribution < 1.29 is 9.53 Å². The van der Waals surface area contributed by atoms with Crippen molar-refractivity contribution in [2.24, 2.45) is 0 Å². The number of halogens is 1. The van der Waals surface area contributed by atoms with Crippen LogP contribution in [0.2, 0.25) is 0 Å². The number of alkyl halides is 1. The monoisotopic (exact) mass is 313 g/mol. The van der Waals surface area contributed by atoms with Gasteiger partial charge in [0.25, 0.3) is 5.91 Å². The summed E-state index contributed by atoms with van der Waals surface area (Å²) in [6, 6.07) is 4.06. The molecule has 0 unspecified atom stereocenters. The number of hydrogen-bond acceptors (Lipinski definition) is 2. The fraction of sp³-hybridized carbons (Fsp3) is 0.500. The van der Waals surface area contributed by atoms with Crippen LogP contribution < -0.4 is 5.32 Å². The topological polar surface area (TPSA) is 38.3 Å². The van der Waals surface area contributed by atoms with E-state index in [1.54, 1.807) is 0 Å². The molecule has 0 atom stereocenters. The van der Waals surface area contributed by atoms with E-state index in [0.29, 0.717) is 19.8 Å². The van der Waals surface area contributed by atoms with E-state index < -0.39 is 0 Å². The number of rotatable bonds is 6. The van der Waals surface area contributed by atoms with Gasteiger partial charge in [0.05, 0.1) is 13.2 Å². The minimum Gasteiger partial charge on any atom is -0.379 e. The number of carbonyl (C=O) groups excluding carboxylic acids is 1. The number of ether oxygens (including phenoxy) is 1. The van der Waals surface area contributed by atoms with Crippen LogP contribution in [-0.4, -0.2) is 31.0 Å². The Labute approximate surface area is 117 Å². The second-order valence-corrected chi connectivity index (χ2v) is 5.12. The highest BCUT2D eigenvalue weighted by molar-refractivity contribution is 9.09. The molecule has 1 aromatic rings. The van der Waals surface area contributed by atoms with Crippen LogP contribution in [0.4, 0.5) is 0 Å². The standard InChI is InChI=1S/C14H20BrNO2/c1-10-8-11(2)13(12(3)9-10)14(17)16-5-7-18-6-4-15/h8-9H,4-7H2,1-3H3,(H,16,17). The average molecular weight is 314 g/mol. The fourth-order valence-electron chi connectivity index (χ4n) is 2.02. The Hall–Kier alpha value is -0.870. The quantitative estimate of drug-likeness (QED) is 0.648. The third kappa shape index (κ3) is 4.42. The normalized spacial score (nSPS) is 10.4. The zero-order chi connectivity index (χ0) is 13.5. The van der Waals surface area contributed by atoms with E-state index in [0.717, 1.165) is 22.0 Å². The van der Waals surface area contributed by atoms with E-state index >= 15 is 0 Å². The molecule has 0 fully saturated rings. The van der Waals surface area contributed by atoms with E-state index in [2.05, 4.69) is 21.2 Å². The van der Waals surface area contributed by atoms with Crippen molar-refractivity contribution in [2.75, 3.05) is 25.1 Å². The van der Waals surface area contributed by atoms with Crippen molar-refractivity contribution >= 4 is 21.8 Å². The third-order valence-corrected chi connectivity index (χ3v) is 2.98. The van der Waals surface area contributed by atoms with Gasteiger partial charge in [-0.3, -0.25) is 4.79 Å². The molecule has 1 amide bonds. The van der Waals surface area contributed by atoms with Crippen molar-refractivity contribution in [3.63, 3.8) is 0 Å². The summed E-state index contributed by atoms with van der Waals surface area (Å²) in [5.74, 6) is -0.0209. The lowest BCUT2D eigenvalue weighted by Crippen LogP contribution is -2.28. The molecule has 4 heteroatoms. The summed E-state index contributed by atoms with van der Waals surface area (Å²) in [6.07, 6.45) is 0. The molecule has 1 N–H and O–H groups in total. The van der Waals surface area contributed by atoms with E-state index in [9.17, 15) is 4.79 Å². The van der Waals surface area contributed by atoms with Crippen molar-refractivity contribution in [3.05, 3.63) is 34.4 Å². The molecule has 0 aliphatic carbocycles. The molecule has 0 spiro atoms. The van der Waals surface area contributed by atoms with E-state index in [-0.39, 0.29) is 5.91 Å². The Balaban J connectivity index is 2.57. The van der Waals surface area contributed by atoms with E-state index in [1.807, 2.05) is 32.9 Å². The number of benzene rings is 1. The lowest BCUT2D eigenvalue weighted by Gasteiger charge is -2.11.